The van der Waals surface area contributed by atoms with Gasteiger partial charge in [-0.05, 0) is 55.9 Å². The zero-order valence-electron chi connectivity index (χ0n) is 14.2. The molecule has 0 saturated heterocycles. The van der Waals surface area contributed by atoms with Crippen LogP contribution in [0.3, 0.4) is 0 Å². The number of aryl methyl sites for hydroxylation is 1. The Balaban J connectivity index is 2.20. The molecule has 2 aromatic rings. The Hall–Kier alpha value is -2.38. The Bertz CT molecular complexity index is 878. The highest BCUT2D eigenvalue weighted by atomic mass is 32.2. The minimum Gasteiger partial charge on any atom is -0.359 e. The summed E-state index contributed by atoms with van der Waals surface area (Å²) in [6.45, 7) is 7.99. The lowest BCUT2D eigenvalue weighted by Gasteiger charge is -2.14. The van der Waals surface area contributed by atoms with Crippen molar-refractivity contribution in [2.45, 2.75) is 18.7 Å². The van der Waals surface area contributed by atoms with Crippen molar-refractivity contribution in [2.24, 2.45) is 0 Å². The second-order valence-corrected chi connectivity index (χ2v) is 7.78. The molecule has 25 heavy (non-hydrogen) atoms. The smallest absolute Gasteiger partial charge is 0.262 e. The normalized spacial score (nSPS) is 10.8. The Labute approximate surface area is 154 Å². The maximum Gasteiger partial charge on any atom is 0.262 e. The van der Waals surface area contributed by atoms with Gasteiger partial charge in [0.05, 0.1) is 4.90 Å². The summed E-state index contributed by atoms with van der Waals surface area (Å²) in [5, 5.41) is 6.40. The molecular formula is C18H21N3O2S2. The third-order valence-corrected chi connectivity index (χ3v) is 5.08. The number of para-hydroxylation sites is 1. The van der Waals surface area contributed by atoms with Crippen LogP contribution in [0.2, 0.25) is 0 Å². The van der Waals surface area contributed by atoms with E-state index in [2.05, 4.69) is 21.9 Å². The van der Waals surface area contributed by atoms with E-state index in [-0.39, 0.29) is 4.90 Å². The summed E-state index contributed by atoms with van der Waals surface area (Å²) in [5.74, 6) is 0. The molecule has 0 aliphatic heterocycles. The standard InChI is InChI=1S/C18H21N3O2S2/c1-13(2)12-19-18(24)20-16-10-9-14(3)17(11-16)25(22,23)21-15-7-5-4-6-8-15/h4-11,21H,1,12H2,2-3H3,(H2,19,20,24). The number of hydrogen-bond acceptors (Lipinski definition) is 3. The number of hydrogen-bond donors (Lipinski definition) is 3. The van der Waals surface area contributed by atoms with Crippen LogP contribution < -0.4 is 15.4 Å². The zero-order valence-corrected chi connectivity index (χ0v) is 15.8. The number of anilines is 2. The summed E-state index contributed by atoms with van der Waals surface area (Å²) in [6.07, 6.45) is 0. The van der Waals surface area contributed by atoms with E-state index in [1.165, 1.54) is 0 Å². The number of thiocarbonyl (C=S) groups is 1. The molecule has 5 nitrogen and oxygen atoms in total. The van der Waals surface area contributed by atoms with E-state index < -0.39 is 10.0 Å². The van der Waals surface area contributed by atoms with Gasteiger partial charge in [0.25, 0.3) is 10.0 Å². The van der Waals surface area contributed by atoms with Crippen molar-refractivity contribution >= 4 is 38.7 Å². The molecule has 2 rings (SSSR count). The van der Waals surface area contributed by atoms with Crippen LogP contribution in [0.25, 0.3) is 0 Å². The SMILES string of the molecule is C=C(C)CNC(=S)Nc1ccc(C)c(S(=O)(=O)Nc2ccccc2)c1. The van der Waals surface area contributed by atoms with Crippen molar-refractivity contribution in [3.63, 3.8) is 0 Å². The van der Waals surface area contributed by atoms with E-state index >= 15 is 0 Å². The lowest BCUT2D eigenvalue weighted by molar-refractivity contribution is 0.600. The van der Waals surface area contributed by atoms with Gasteiger partial charge in [0, 0.05) is 17.9 Å². The third kappa shape index (κ3) is 5.58. The molecule has 0 fully saturated rings. The van der Waals surface area contributed by atoms with E-state index in [0.29, 0.717) is 28.6 Å². The van der Waals surface area contributed by atoms with Gasteiger partial charge >= 0.3 is 0 Å². The van der Waals surface area contributed by atoms with Gasteiger partial charge in [-0.3, -0.25) is 4.72 Å². The van der Waals surface area contributed by atoms with Gasteiger partial charge in [-0.25, -0.2) is 8.42 Å². The highest BCUT2D eigenvalue weighted by Gasteiger charge is 2.17. The summed E-state index contributed by atoms with van der Waals surface area (Å²) in [4.78, 5) is 0.198. The largest absolute Gasteiger partial charge is 0.359 e. The second-order valence-electron chi connectivity index (χ2n) is 5.72. The Kier molecular flexibility index (Phi) is 6.17. The number of sulfonamides is 1. The zero-order chi connectivity index (χ0) is 18.4. The minimum atomic E-state index is -3.70. The van der Waals surface area contributed by atoms with Crippen LogP contribution in [0.5, 0.6) is 0 Å². The van der Waals surface area contributed by atoms with Crippen molar-refractivity contribution in [3.8, 4) is 0 Å². The first-order chi connectivity index (χ1) is 11.8. The van der Waals surface area contributed by atoms with E-state index in [1.54, 1.807) is 49.4 Å². The Morgan fingerprint density at radius 3 is 2.44 bits per heavy atom. The summed E-state index contributed by atoms with van der Waals surface area (Å²) >= 11 is 5.20. The lowest BCUT2D eigenvalue weighted by Crippen LogP contribution is -2.29. The lowest BCUT2D eigenvalue weighted by atomic mass is 10.2. The van der Waals surface area contributed by atoms with Gasteiger partial charge in [0.1, 0.15) is 0 Å². The van der Waals surface area contributed by atoms with Gasteiger partial charge in [-0.2, -0.15) is 0 Å². The average Bonchev–Trinajstić information content (AvgIpc) is 2.55. The van der Waals surface area contributed by atoms with Gasteiger partial charge in [0.15, 0.2) is 5.11 Å². The van der Waals surface area contributed by atoms with Crippen LogP contribution in [0.15, 0.2) is 65.6 Å². The molecule has 0 aliphatic rings. The van der Waals surface area contributed by atoms with Crippen molar-refractivity contribution in [1.29, 1.82) is 0 Å². The molecule has 0 heterocycles. The average molecular weight is 376 g/mol. The Morgan fingerprint density at radius 1 is 1.12 bits per heavy atom. The topological polar surface area (TPSA) is 70.2 Å². The first-order valence-corrected chi connectivity index (χ1v) is 9.55. The molecule has 0 unspecified atom stereocenters. The predicted octanol–water partition coefficient (Wildman–Crippen LogP) is 3.66. The fourth-order valence-electron chi connectivity index (χ4n) is 2.09. The van der Waals surface area contributed by atoms with E-state index in [0.717, 1.165) is 5.57 Å². The van der Waals surface area contributed by atoms with E-state index in [9.17, 15) is 8.42 Å². The molecule has 3 N–H and O–H groups in total. The maximum absolute atomic E-state index is 12.7. The van der Waals surface area contributed by atoms with Gasteiger partial charge in [0.2, 0.25) is 0 Å². The summed E-state index contributed by atoms with van der Waals surface area (Å²) in [7, 11) is -3.70. The fraction of sp³-hybridized carbons (Fsp3) is 0.167. The molecule has 0 bridgehead atoms. The first kappa shape index (κ1) is 19.0. The molecule has 0 aromatic heterocycles. The molecule has 132 valence electrons. The van der Waals surface area contributed by atoms with Crippen molar-refractivity contribution < 1.29 is 8.42 Å². The van der Waals surface area contributed by atoms with Crippen LogP contribution >= 0.6 is 12.2 Å². The fourth-order valence-corrected chi connectivity index (χ4v) is 3.61. The minimum absolute atomic E-state index is 0.198. The number of rotatable bonds is 6. The molecule has 0 aliphatic carbocycles. The summed E-state index contributed by atoms with van der Waals surface area (Å²) in [5.41, 5.74) is 2.70. The quantitative estimate of drug-likeness (QED) is 0.531. The van der Waals surface area contributed by atoms with Crippen LogP contribution in [0.4, 0.5) is 11.4 Å². The van der Waals surface area contributed by atoms with Crippen LogP contribution in [0.1, 0.15) is 12.5 Å². The molecule has 0 spiro atoms. The highest BCUT2D eigenvalue weighted by Crippen LogP contribution is 2.23. The Morgan fingerprint density at radius 2 is 1.80 bits per heavy atom. The molecule has 7 heteroatoms. The molecule has 0 atom stereocenters. The third-order valence-electron chi connectivity index (χ3n) is 3.31. The van der Waals surface area contributed by atoms with Gasteiger partial charge in [-0.15, -0.1) is 0 Å². The number of nitrogens with one attached hydrogen (secondary N) is 3. The van der Waals surface area contributed by atoms with Crippen LogP contribution in [0, 0.1) is 6.92 Å². The second kappa shape index (κ2) is 8.13. The van der Waals surface area contributed by atoms with Crippen molar-refractivity contribution in [3.05, 3.63) is 66.2 Å². The first-order valence-electron chi connectivity index (χ1n) is 7.66. The van der Waals surface area contributed by atoms with Crippen molar-refractivity contribution in [1.82, 2.24) is 5.32 Å². The van der Waals surface area contributed by atoms with Crippen LogP contribution in [-0.2, 0) is 10.0 Å². The van der Waals surface area contributed by atoms with Crippen LogP contribution in [-0.4, -0.2) is 20.1 Å². The monoisotopic (exact) mass is 375 g/mol. The highest BCUT2D eigenvalue weighted by molar-refractivity contribution is 7.92. The van der Waals surface area contributed by atoms with E-state index in [1.807, 2.05) is 13.0 Å². The van der Waals surface area contributed by atoms with Gasteiger partial charge < -0.3 is 10.6 Å². The maximum atomic E-state index is 12.7. The summed E-state index contributed by atoms with van der Waals surface area (Å²) in [6, 6.07) is 13.9. The van der Waals surface area contributed by atoms with Gasteiger partial charge in [-0.1, -0.05) is 36.4 Å². The van der Waals surface area contributed by atoms with Crippen molar-refractivity contribution in [2.75, 3.05) is 16.6 Å². The number of benzene rings is 2. The predicted molar refractivity (Wildman–Crippen MR) is 107 cm³/mol. The van der Waals surface area contributed by atoms with E-state index in [4.69, 9.17) is 12.2 Å². The molecule has 0 amide bonds. The molecular weight excluding hydrogens is 354 g/mol. The molecule has 0 radical (unpaired) electrons. The summed E-state index contributed by atoms with van der Waals surface area (Å²) < 4.78 is 27.9. The molecule has 2 aromatic carbocycles. The molecule has 0 saturated carbocycles.